The molecule has 0 unspecified atom stereocenters. The Kier molecular flexibility index (Phi) is 13.0. The molecule has 3 aliphatic carbocycles. The first-order valence-corrected chi connectivity index (χ1v) is 28.7. The summed E-state index contributed by atoms with van der Waals surface area (Å²) < 4.78 is 20.7. The zero-order chi connectivity index (χ0) is 36.7. The zero-order valence-corrected chi connectivity index (χ0v) is 37.8. The van der Waals surface area contributed by atoms with Crippen LogP contribution in [0.1, 0.15) is 127 Å². The molecule has 0 radical (unpaired) electrons. The van der Waals surface area contributed by atoms with Crippen LogP contribution in [-0.2, 0) is 13.3 Å². The lowest BCUT2D eigenvalue weighted by atomic mass is 9.62. The normalized spacial score (nSPS) is 29.0. The largest absolute Gasteiger partial charge is 0.413 e. The molecule has 3 nitrogen and oxygen atoms in total. The van der Waals surface area contributed by atoms with Crippen LogP contribution in [0.3, 0.4) is 0 Å². The van der Waals surface area contributed by atoms with Gasteiger partial charge >= 0.3 is 0 Å². The maximum Gasteiger partial charge on any atom is 0.192 e. The van der Waals surface area contributed by atoms with Crippen LogP contribution in [0.15, 0.2) is 47.1 Å². The highest BCUT2D eigenvalue weighted by atomic mass is 28.4. The molecule has 3 aliphatic rings. The first-order chi connectivity index (χ1) is 21.6. The topological polar surface area (TPSA) is 27.7 Å². The van der Waals surface area contributed by atoms with E-state index in [-0.39, 0.29) is 33.3 Å². The third kappa shape index (κ3) is 10.3. The Morgan fingerprint density at radius 2 is 1.50 bits per heavy atom. The Morgan fingerprint density at radius 3 is 2.06 bits per heavy atom. The Morgan fingerprint density at radius 1 is 0.917 bits per heavy atom. The van der Waals surface area contributed by atoms with E-state index < -0.39 is 25.0 Å². The highest BCUT2D eigenvalue weighted by Crippen LogP contribution is 2.57. The van der Waals surface area contributed by atoms with Crippen molar-refractivity contribution in [1.29, 1.82) is 0 Å². The molecule has 5 atom stereocenters. The van der Waals surface area contributed by atoms with Crippen LogP contribution in [-0.4, -0.2) is 42.8 Å². The smallest absolute Gasteiger partial charge is 0.192 e. The summed E-state index contributed by atoms with van der Waals surface area (Å²) in [6, 6.07) is 0. The van der Waals surface area contributed by atoms with Gasteiger partial charge in [0.25, 0.3) is 0 Å². The highest BCUT2D eigenvalue weighted by Gasteiger charge is 2.47. The zero-order valence-electron chi connectivity index (χ0n) is 34.8. The fourth-order valence-electron chi connectivity index (χ4n) is 8.25. The molecule has 0 saturated heterocycles. The van der Waals surface area contributed by atoms with Gasteiger partial charge in [-0.25, -0.2) is 0 Å². The van der Waals surface area contributed by atoms with Gasteiger partial charge in [0.05, 0.1) is 17.8 Å². The number of fused-ring (bicyclic) bond motifs is 1. The second-order valence-corrected chi connectivity index (χ2v) is 34.7. The summed E-state index contributed by atoms with van der Waals surface area (Å²) in [7, 11) is -5.46. The van der Waals surface area contributed by atoms with Gasteiger partial charge < -0.3 is 13.3 Å². The van der Waals surface area contributed by atoms with Crippen molar-refractivity contribution in [3.8, 4) is 0 Å². The molecule has 2 fully saturated rings. The van der Waals surface area contributed by atoms with E-state index in [1.807, 2.05) is 0 Å². The molecule has 48 heavy (non-hydrogen) atoms. The minimum atomic E-state index is -1.98. The van der Waals surface area contributed by atoms with E-state index in [2.05, 4.69) is 133 Å². The van der Waals surface area contributed by atoms with Crippen LogP contribution in [0.2, 0.25) is 55.9 Å². The Labute approximate surface area is 302 Å². The molecule has 276 valence electrons. The van der Waals surface area contributed by atoms with Crippen LogP contribution >= 0.6 is 0 Å². The van der Waals surface area contributed by atoms with E-state index in [0.29, 0.717) is 11.8 Å². The Bertz CT molecular complexity index is 1230. The summed E-state index contributed by atoms with van der Waals surface area (Å²) in [6.07, 6.45) is 18.2. The van der Waals surface area contributed by atoms with Gasteiger partial charge in [-0.15, -0.1) is 0 Å². The quantitative estimate of drug-likeness (QED) is 0.149. The molecule has 0 N–H and O–H groups in total. The second kappa shape index (κ2) is 14.8. The molecule has 0 spiro atoms. The number of hydrogen-bond donors (Lipinski definition) is 0. The van der Waals surface area contributed by atoms with Gasteiger partial charge in [-0.3, -0.25) is 0 Å². The number of hydrogen-bond acceptors (Lipinski definition) is 3. The monoisotopic (exact) mass is 715 g/mol. The average Bonchev–Trinajstić information content (AvgIpc) is 3.24. The van der Waals surface area contributed by atoms with Gasteiger partial charge in [-0.2, -0.15) is 0 Å². The van der Waals surface area contributed by atoms with E-state index in [1.165, 1.54) is 49.7 Å². The molecular weight excluding hydrogens is 637 g/mol. The minimum Gasteiger partial charge on any atom is -0.413 e. The maximum absolute atomic E-state index is 7.11. The van der Waals surface area contributed by atoms with Crippen molar-refractivity contribution in [2.24, 2.45) is 17.3 Å². The molecule has 0 bridgehead atoms. The van der Waals surface area contributed by atoms with Crippen LogP contribution in [0, 0.1) is 17.3 Å². The van der Waals surface area contributed by atoms with Crippen molar-refractivity contribution in [3.63, 3.8) is 0 Å². The fourth-order valence-corrected chi connectivity index (χ4v) is 12.7. The standard InChI is InChI=1S/C42H78O3Si3/c1-31(21-19-27-41(9,10)45-46(12,13)14)36-25-26-37-33(22-20-28-42(36,37)11)23-24-34-29-35(43-47(15,16)39(3,4)5)30-38(32(34)2)44-48(17,18)40(6,7)8/h23-25,31,35,37-38H,2,19-22,26-30H2,1,3-18H3/t31-,35-,37+,38+,42-/m1/s1. The average molecular weight is 715 g/mol. The summed E-state index contributed by atoms with van der Waals surface area (Å²) in [5.41, 5.74) is 6.14. The highest BCUT2D eigenvalue weighted by molar-refractivity contribution is 6.74. The van der Waals surface area contributed by atoms with Gasteiger partial charge in [0.15, 0.2) is 25.0 Å². The molecule has 0 aromatic rings. The van der Waals surface area contributed by atoms with E-state index in [9.17, 15) is 0 Å². The summed E-state index contributed by atoms with van der Waals surface area (Å²) in [4.78, 5) is 0. The van der Waals surface area contributed by atoms with E-state index in [1.54, 1.807) is 11.1 Å². The summed E-state index contributed by atoms with van der Waals surface area (Å²) in [6.45, 7) is 44.9. The van der Waals surface area contributed by atoms with Crippen LogP contribution in [0.4, 0.5) is 0 Å². The lowest BCUT2D eigenvalue weighted by Gasteiger charge is -2.45. The second-order valence-electron chi connectivity index (χ2n) is 20.8. The lowest BCUT2D eigenvalue weighted by Crippen LogP contribution is -2.49. The van der Waals surface area contributed by atoms with E-state index in [0.717, 1.165) is 19.3 Å². The predicted molar refractivity (Wildman–Crippen MR) is 218 cm³/mol. The number of rotatable bonds is 12. The van der Waals surface area contributed by atoms with Crippen LogP contribution in [0.5, 0.6) is 0 Å². The van der Waals surface area contributed by atoms with Crippen molar-refractivity contribution in [3.05, 3.63) is 47.1 Å². The molecule has 2 saturated carbocycles. The Balaban J connectivity index is 1.82. The van der Waals surface area contributed by atoms with Crippen LogP contribution in [0.25, 0.3) is 0 Å². The predicted octanol–water partition coefficient (Wildman–Crippen LogP) is 13.5. The third-order valence-corrected chi connectivity index (χ3v) is 23.1. The minimum absolute atomic E-state index is 0.0254. The van der Waals surface area contributed by atoms with E-state index in [4.69, 9.17) is 19.9 Å². The molecule has 0 aromatic carbocycles. The Hall–Kier alpha value is -0.509. The first kappa shape index (κ1) is 41.9. The number of allylic oxidation sites excluding steroid dienone is 5. The molecule has 3 rings (SSSR count). The van der Waals surface area contributed by atoms with Crippen molar-refractivity contribution in [2.75, 3.05) is 0 Å². The van der Waals surface area contributed by atoms with Crippen molar-refractivity contribution >= 4 is 25.0 Å². The van der Waals surface area contributed by atoms with Gasteiger partial charge in [-0.05, 0) is 143 Å². The summed E-state index contributed by atoms with van der Waals surface area (Å²) >= 11 is 0. The first-order valence-electron chi connectivity index (χ1n) is 19.4. The molecule has 0 aliphatic heterocycles. The van der Waals surface area contributed by atoms with Crippen LogP contribution < -0.4 is 0 Å². The van der Waals surface area contributed by atoms with Gasteiger partial charge in [0.2, 0.25) is 0 Å². The maximum atomic E-state index is 7.11. The third-order valence-electron chi connectivity index (χ3n) is 12.9. The van der Waals surface area contributed by atoms with Crippen molar-refractivity contribution in [1.82, 2.24) is 0 Å². The SMILES string of the molecule is C=C1C(=CC=C2CCC[C@]3(C)C([C@H](C)CCCC(C)(C)O[Si](C)(C)C)=CC[C@@H]23)C[C@@H](O[Si](C)(C)C(C)(C)C)C[C@@H]1O[Si](C)(C)C(C)(C)C. The summed E-state index contributed by atoms with van der Waals surface area (Å²) in [5, 5.41) is 0.332. The van der Waals surface area contributed by atoms with Gasteiger partial charge in [-0.1, -0.05) is 97.8 Å². The molecular formula is C42H78O3Si3. The van der Waals surface area contributed by atoms with Crippen molar-refractivity contribution in [2.45, 2.75) is 201 Å². The molecule has 0 aromatic heterocycles. The lowest BCUT2D eigenvalue weighted by molar-refractivity contribution is 0.0868. The van der Waals surface area contributed by atoms with E-state index >= 15 is 0 Å². The fraction of sp³-hybridized carbons (Fsp3) is 0.810. The molecule has 6 heteroatoms. The van der Waals surface area contributed by atoms with Gasteiger partial charge in [0.1, 0.15) is 0 Å². The molecule has 0 heterocycles. The molecule has 0 amide bonds. The van der Waals surface area contributed by atoms with Crippen molar-refractivity contribution < 1.29 is 13.3 Å². The summed E-state index contributed by atoms with van der Waals surface area (Å²) in [5.74, 6) is 1.24. The van der Waals surface area contributed by atoms with Gasteiger partial charge in [0, 0.05) is 6.42 Å².